The number of nitro benzene ring substituents is 1. The smallest absolute Gasteiger partial charge is 0.270 e. The highest BCUT2D eigenvalue weighted by Crippen LogP contribution is 2.49. The van der Waals surface area contributed by atoms with Crippen LogP contribution in [0, 0.1) is 16.0 Å². The van der Waals surface area contributed by atoms with E-state index in [1.54, 1.807) is 12.1 Å². The average molecular weight is 399 g/mol. The zero-order valence-electron chi connectivity index (χ0n) is 15.8. The summed E-state index contributed by atoms with van der Waals surface area (Å²) in [5, 5.41) is 15.1. The number of benzene rings is 2. The van der Waals surface area contributed by atoms with Crippen LogP contribution in [0.1, 0.15) is 32.4 Å². The van der Waals surface area contributed by atoms with Crippen LogP contribution in [0.25, 0.3) is 0 Å². The number of fused-ring (bicyclic) bond motifs is 4. The number of hydrogen-bond acceptors (Lipinski definition) is 5. The van der Waals surface area contributed by atoms with Gasteiger partial charge in [-0.1, -0.05) is 6.92 Å². The molecule has 146 valence electrons. The van der Waals surface area contributed by atoms with E-state index >= 15 is 0 Å². The van der Waals surface area contributed by atoms with E-state index < -0.39 is 10.6 Å². The highest BCUT2D eigenvalue weighted by molar-refractivity contribution is 7.80. The molecular weight excluding hydrogens is 378 g/mol. The maximum Gasteiger partial charge on any atom is 0.270 e. The van der Waals surface area contributed by atoms with E-state index in [4.69, 9.17) is 21.7 Å². The Labute approximate surface area is 168 Å². The lowest BCUT2D eigenvalue weighted by Gasteiger charge is -2.56. The number of nitro groups is 1. The number of non-ortho nitro benzene ring substituents is 1. The van der Waals surface area contributed by atoms with E-state index in [2.05, 4.69) is 12.2 Å². The van der Waals surface area contributed by atoms with Gasteiger partial charge in [-0.3, -0.25) is 15.0 Å². The number of anilines is 1. The minimum absolute atomic E-state index is 0.0136. The van der Waals surface area contributed by atoms with E-state index in [0.29, 0.717) is 17.5 Å². The topological polar surface area (TPSA) is 76.9 Å². The predicted molar refractivity (Wildman–Crippen MR) is 110 cm³/mol. The zero-order valence-corrected chi connectivity index (χ0v) is 16.7. The lowest BCUT2D eigenvalue weighted by molar-refractivity contribution is -0.385. The van der Waals surface area contributed by atoms with Crippen molar-refractivity contribution in [3.8, 4) is 11.5 Å². The Hall–Kier alpha value is -2.87. The minimum atomic E-state index is -0.733. The minimum Gasteiger partial charge on any atom is -0.494 e. The molecule has 28 heavy (non-hydrogen) atoms. The quantitative estimate of drug-likeness (QED) is 0.470. The lowest BCUT2D eigenvalue weighted by Crippen LogP contribution is -2.69. The Morgan fingerprint density at radius 3 is 2.68 bits per heavy atom. The molecule has 0 aliphatic carbocycles. The molecule has 2 heterocycles. The number of rotatable bonds is 4. The molecule has 7 nitrogen and oxygen atoms in total. The summed E-state index contributed by atoms with van der Waals surface area (Å²) in [6.07, 6.45) is 0. The Kier molecular flexibility index (Phi) is 4.38. The van der Waals surface area contributed by atoms with Gasteiger partial charge in [-0.05, 0) is 56.4 Å². The van der Waals surface area contributed by atoms with Gasteiger partial charge in [-0.15, -0.1) is 0 Å². The summed E-state index contributed by atoms with van der Waals surface area (Å²) in [6, 6.07) is 12.2. The van der Waals surface area contributed by atoms with Crippen molar-refractivity contribution in [3.05, 3.63) is 58.1 Å². The molecule has 2 aliphatic rings. The third kappa shape index (κ3) is 2.75. The highest BCUT2D eigenvalue weighted by Gasteiger charge is 2.54. The number of nitrogens with one attached hydrogen (secondary N) is 1. The van der Waals surface area contributed by atoms with Crippen LogP contribution in [0.2, 0.25) is 0 Å². The summed E-state index contributed by atoms with van der Waals surface area (Å²) in [5.41, 5.74) is 0.954. The second-order valence-electron chi connectivity index (χ2n) is 7.11. The van der Waals surface area contributed by atoms with E-state index in [-0.39, 0.29) is 17.6 Å². The Bertz CT molecular complexity index is 949. The van der Waals surface area contributed by atoms with Crippen molar-refractivity contribution in [2.24, 2.45) is 5.92 Å². The van der Waals surface area contributed by atoms with Gasteiger partial charge in [-0.2, -0.15) is 0 Å². The van der Waals surface area contributed by atoms with Crippen LogP contribution in [0.5, 0.6) is 11.5 Å². The monoisotopic (exact) mass is 399 g/mol. The van der Waals surface area contributed by atoms with Crippen LogP contribution >= 0.6 is 12.2 Å². The van der Waals surface area contributed by atoms with E-state index in [9.17, 15) is 10.1 Å². The van der Waals surface area contributed by atoms with Crippen molar-refractivity contribution in [3.63, 3.8) is 0 Å². The van der Waals surface area contributed by atoms with Crippen molar-refractivity contribution in [2.45, 2.75) is 32.5 Å². The first-order chi connectivity index (χ1) is 13.3. The Morgan fingerprint density at radius 2 is 2.04 bits per heavy atom. The van der Waals surface area contributed by atoms with E-state index in [0.717, 1.165) is 17.0 Å². The maximum atomic E-state index is 11.2. The summed E-state index contributed by atoms with van der Waals surface area (Å²) in [4.78, 5) is 12.7. The van der Waals surface area contributed by atoms with Crippen molar-refractivity contribution in [1.82, 2.24) is 5.32 Å². The van der Waals surface area contributed by atoms with Crippen LogP contribution in [0.15, 0.2) is 42.5 Å². The van der Waals surface area contributed by atoms with Crippen molar-refractivity contribution in [2.75, 3.05) is 11.5 Å². The van der Waals surface area contributed by atoms with Crippen LogP contribution in [0.4, 0.5) is 11.4 Å². The van der Waals surface area contributed by atoms with Gasteiger partial charge >= 0.3 is 0 Å². The fraction of sp³-hybridized carbons (Fsp3) is 0.350. The first-order valence-electron chi connectivity index (χ1n) is 9.16. The molecule has 2 bridgehead atoms. The fourth-order valence-corrected chi connectivity index (χ4v) is 4.38. The lowest BCUT2D eigenvalue weighted by atomic mass is 9.80. The van der Waals surface area contributed by atoms with Crippen LogP contribution in [-0.2, 0) is 0 Å². The van der Waals surface area contributed by atoms with Gasteiger partial charge in [0.2, 0.25) is 0 Å². The van der Waals surface area contributed by atoms with Gasteiger partial charge in [0.25, 0.3) is 5.69 Å². The molecule has 0 spiro atoms. The summed E-state index contributed by atoms with van der Waals surface area (Å²) in [7, 11) is 0. The molecule has 0 radical (unpaired) electrons. The number of ether oxygens (including phenoxy) is 2. The summed E-state index contributed by atoms with van der Waals surface area (Å²) in [6.45, 7) is 6.60. The molecule has 1 fully saturated rings. The van der Waals surface area contributed by atoms with Gasteiger partial charge < -0.3 is 14.8 Å². The number of thiocarbonyl (C=S) groups is 1. The third-order valence-electron chi connectivity index (χ3n) is 5.53. The molecule has 0 unspecified atom stereocenters. The molecule has 2 aromatic rings. The van der Waals surface area contributed by atoms with Crippen LogP contribution < -0.4 is 19.7 Å². The van der Waals surface area contributed by atoms with E-state index in [1.807, 2.05) is 43.0 Å². The summed E-state index contributed by atoms with van der Waals surface area (Å²) < 4.78 is 11.9. The van der Waals surface area contributed by atoms with Crippen molar-refractivity contribution >= 4 is 28.7 Å². The molecule has 0 amide bonds. The molecule has 8 heteroatoms. The van der Waals surface area contributed by atoms with Gasteiger partial charge in [0, 0.05) is 29.3 Å². The third-order valence-corrected chi connectivity index (χ3v) is 5.83. The molecule has 1 N–H and O–H groups in total. The van der Waals surface area contributed by atoms with Gasteiger partial charge in [0.1, 0.15) is 11.5 Å². The standard InChI is InChI=1S/C20H21N3O4S/c1-4-26-15-8-5-13(6-9-15)22-19(28)21-18-12(2)20(22,3)27-17-10-7-14(23(24)25)11-16(17)18/h5-12,18H,4H2,1-3H3,(H,21,28)/t12-,18-,20-/m1/s1. The molecule has 2 aliphatic heterocycles. The molecule has 1 saturated heterocycles. The van der Waals surface area contributed by atoms with Crippen molar-refractivity contribution in [1.29, 1.82) is 0 Å². The van der Waals surface area contributed by atoms with Gasteiger partial charge in [0.15, 0.2) is 10.8 Å². The summed E-state index contributed by atoms with van der Waals surface area (Å²) >= 11 is 5.66. The summed E-state index contributed by atoms with van der Waals surface area (Å²) in [5.74, 6) is 1.41. The predicted octanol–water partition coefficient (Wildman–Crippen LogP) is 4.17. The van der Waals surface area contributed by atoms with Crippen molar-refractivity contribution < 1.29 is 14.4 Å². The van der Waals surface area contributed by atoms with Gasteiger partial charge in [0.05, 0.1) is 17.6 Å². The molecule has 3 atom stereocenters. The average Bonchev–Trinajstić information content (AvgIpc) is 2.66. The van der Waals surface area contributed by atoms with Gasteiger partial charge in [-0.25, -0.2) is 0 Å². The largest absolute Gasteiger partial charge is 0.494 e. The highest BCUT2D eigenvalue weighted by atomic mass is 32.1. The number of nitrogens with zero attached hydrogens (tertiary/aromatic N) is 2. The molecule has 0 saturated carbocycles. The number of hydrogen-bond donors (Lipinski definition) is 1. The molecule has 0 aromatic heterocycles. The second kappa shape index (κ2) is 6.63. The maximum absolute atomic E-state index is 11.2. The van der Waals surface area contributed by atoms with Crippen LogP contribution in [0.3, 0.4) is 0 Å². The Morgan fingerprint density at radius 1 is 1.32 bits per heavy atom. The zero-order chi connectivity index (χ0) is 20.1. The second-order valence-corrected chi connectivity index (χ2v) is 7.50. The molecular formula is C20H21N3O4S. The SMILES string of the molecule is CCOc1ccc(N2C(=S)N[C@H]3c4cc([N+](=O)[O-])ccc4O[C@]2(C)[C@@H]3C)cc1. The Balaban J connectivity index is 1.75. The molecule has 2 aromatic carbocycles. The van der Waals surface area contributed by atoms with Crippen LogP contribution in [-0.4, -0.2) is 22.4 Å². The molecule has 4 rings (SSSR count). The van der Waals surface area contributed by atoms with E-state index in [1.165, 1.54) is 6.07 Å². The normalized spacial score (nSPS) is 25.4. The fourth-order valence-electron chi connectivity index (χ4n) is 3.96. The first kappa shape index (κ1) is 18.5. The first-order valence-corrected chi connectivity index (χ1v) is 9.57.